The van der Waals surface area contributed by atoms with Gasteiger partial charge in [0, 0.05) is 18.1 Å². The minimum Gasteiger partial charge on any atom is -0.396 e. The monoisotopic (exact) mass is 248 g/mol. The van der Waals surface area contributed by atoms with Crippen LogP contribution in [0.25, 0.3) is 0 Å². The van der Waals surface area contributed by atoms with Crippen LogP contribution in [0.5, 0.6) is 0 Å². The van der Waals surface area contributed by atoms with Crippen molar-refractivity contribution in [1.82, 2.24) is 9.97 Å². The molecule has 4 nitrogen and oxygen atoms in total. The maximum atomic E-state index is 5.93. The zero-order valence-corrected chi connectivity index (χ0v) is 11.1. The second-order valence-electron chi connectivity index (χ2n) is 4.08. The van der Waals surface area contributed by atoms with Gasteiger partial charge in [0.25, 0.3) is 0 Å². The first-order chi connectivity index (χ1) is 8.06. The van der Waals surface area contributed by atoms with Crippen molar-refractivity contribution in [2.24, 2.45) is 0 Å². The fraction of sp³-hybridized carbons (Fsp3) is 0.333. The topological polar surface area (TPSA) is 55.0 Å². The van der Waals surface area contributed by atoms with Gasteiger partial charge in [-0.25, -0.2) is 9.97 Å². The Morgan fingerprint density at radius 1 is 1.29 bits per heavy atom. The highest BCUT2D eigenvalue weighted by atomic mass is 32.1. The van der Waals surface area contributed by atoms with E-state index < -0.39 is 0 Å². The highest BCUT2D eigenvalue weighted by Gasteiger charge is 2.09. The molecule has 2 heterocycles. The molecule has 0 saturated carbocycles. The molecule has 0 aliphatic heterocycles. The molecule has 0 aromatic carbocycles. The number of rotatable bonds is 3. The first-order valence-corrected chi connectivity index (χ1v) is 6.29. The molecule has 0 aliphatic carbocycles. The number of hydrogen-bond acceptors (Lipinski definition) is 5. The summed E-state index contributed by atoms with van der Waals surface area (Å²) in [4.78, 5) is 10.9. The molecule has 0 spiro atoms. The van der Waals surface area contributed by atoms with Gasteiger partial charge in [0.15, 0.2) is 5.82 Å². The Hall–Kier alpha value is -1.62. The Morgan fingerprint density at radius 3 is 2.71 bits per heavy atom. The summed E-state index contributed by atoms with van der Waals surface area (Å²) in [6.45, 7) is 4.70. The Morgan fingerprint density at radius 2 is 2.06 bits per heavy atom. The molecule has 0 radical (unpaired) electrons. The highest BCUT2D eigenvalue weighted by molar-refractivity contribution is 7.09. The van der Waals surface area contributed by atoms with Gasteiger partial charge < -0.3 is 10.6 Å². The summed E-state index contributed by atoms with van der Waals surface area (Å²) in [7, 11) is 1.98. The summed E-state index contributed by atoms with van der Waals surface area (Å²) in [5.41, 5.74) is 8.65. The molecule has 0 atom stereocenters. The van der Waals surface area contributed by atoms with Gasteiger partial charge in [-0.1, -0.05) is 0 Å². The van der Waals surface area contributed by atoms with Crippen LogP contribution in [0.2, 0.25) is 0 Å². The minimum atomic E-state index is 0.699. The van der Waals surface area contributed by atoms with Gasteiger partial charge in [-0.05, 0) is 26.0 Å². The molecular weight excluding hydrogens is 232 g/mol. The molecule has 0 aliphatic rings. The van der Waals surface area contributed by atoms with E-state index in [4.69, 9.17) is 5.73 Å². The Kier molecular flexibility index (Phi) is 3.28. The van der Waals surface area contributed by atoms with Crippen LogP contribution in [0.4, 0.5) is 11.5 Å². The summed E-state index contributed by atoms with van der Waals surface area (Å²) >= 11 is 1.66. The van der Waals surface area contributed by atoms with Crippen molar-refractivity contribution in [3.63, 3.8) is 0 Å². The predicted octanol–water partition coefficient (Wildman–Crippen LogP) is 2.37. The fourth-order valence-corrected chi connectivity index (χ4v) is 2.26. The van der Waals surface area contributed by atoms with Crippen LogP contribution in [-0.4, -0.2) is 17.0 Å². The molecule has 2 aromatic heterocycles. The first kappa shape index (κ1) is 11.9. The van der Waals surface area contributed by atoms with Crippen LogP contribution in [0.15, 0.2) is 17.5 Å². The molecule has 2 N–H and O–H groups in total. The molecule has 90 valence electrons. The second kappa shape index (κ2) is 4.71. The average molecular weight is 248 g/mol. The van der Waals surface area contributed by atoms with Gasteiger partial charge in [0.1, 0.15) is 0 Å². The van der Waals surface area contributed by atoms with Crippen molar-refractivity contribution >= 4 is 22.8 Å². The molecule has 5 heteroatoms. The number of thiazole rings is 1. The summed E-state index contributed by atoms with van der Waals surface area (Å²) in [5, 5.41) is 3.15. The van der Waals surface area contributed by atoms with Gasteiger partial charge >= 0.3 is 0 Å². The number of aryl methyl sites for hydroxylation is 2. The summed E-state index contributed by atoms with van der Waals surface area (Å²) in [6, 6.07) is 3.81. The lowest BCUT2D eigenvalue weighted by Gasteiger charge is -2.19. The maximum Gasteiger partial charge on any atom is 0.152 e. The van der Waals surface area contributed by atoms with E-state index in [2.05, 4.69) is 15.3 Å². The van der Waals surface area contributed by atoms with E-state index >= 15 is 0 Å². The predicted molar refractivity (Wildman–Crippen MR) is 72.3 cm³/mol. The van der Waals surface area contributed by atoms with Crippen LogP contribution in [-0.2, 0) is 6.54 Å². The number of hydrogen-bond donors (Lipinski definition) is 1. The van der Waals surface area contributed by atoms with Gasteiger partial charge in [-0.3, -0.25) is 0 Å². The zero-order valence-electron chi connectivity index (χ0n) is 10.3. The van der Waals surface area contributed by atoms with Crippen molar-refractivity contribution in [2.45, 2.75) is 20.4 Å². The zero-order chi connectivity index (χ0) is 12.4. The Bertz CT molecular complexity index is 521. The molecule has 0 bridgehead atoms. The van der Waals surface area contributed by atoms with Gasteiger partial charge in [-0.15, -0.1) is 11.3 Å². The molecule has 0 fully saturated rings. The highest BCUT2D eigenvalue weighted by Crippen LogP contribution is 2.21. The normalized spacial score (nSPS) is 10.5. The van der Waals surface area contributed by atoms with Crippen LogP contribution in [0, 0.1) is 13.8 Å². The molecule has 2 rings (SSSR count). The molecule has 0 amide bonds. The number of nitrogens with two attached hydrogens (primary N) is 1. The van der Waals surface area contributed by atoms with Gasteiger partial charge in [-0.2, -0.15) is 0 Å². The number of nitrogen functional groups attached to an aromatic ring is 1. The lowest BCUT2D eigenvalue weighted by Crippen LogP contribution is -2.19. The molecular formula is C12H16N4S. The fourth-order valence-electron chi connectivity index (χ4n) is 1.66. The maximum absolute atomic E-state index is 5.93. The van der Waals surface area contributed by atoms with E-state index in [1.807, 2.05) is 37.9 Å². The van der Waals surface area contributed by atoms with E-state index in [0.29, 0.717) is 5.69 Å². The number of nitrogens with zero attached hydrogens (tertiary/aromatic N) is 3. The summed E-state index contributed by atoms with van der Waals surface area (Å²) in [6.07, 6.45) is 0. The lowest BCUT2D eigenvalue weighted by atomic mass is 10.3. The van der Waals surface area contributed by atoms with E-state index in [1.54, 1.807) is 11.3 Å². The summed E-state index contributed by atoms with van der Waals surface area (Å²) in [5.74, 6) is 0.815. The van der Waals surface area contributed by atoms with Gasteiger partial charge in [0.05, 0.1) is 22.9 Å². The van der Waals surface area contributed by atoms with E-state index in [-0.39, 0.29) is 0 Å². The summed E-state index contributed by atoms with van der Waals surface area (Å²) < 4.78 is 0. The van der Waals surface area contributed by atoms with Crippen LogP contribution in [0.1, 0.15) is 16.4 Å². The van der Waals surface area contributed by atoms with Crippen molar-refractivity contribution in [2.75, 3.05) is 17.7 Å². The number of aromatic nitrogens is 2. The SMILES string of the molecule is Cc1ccc(N)c(N(C)Cc2csc(C)n2)n1. The van der Waals surface area contributed by atoms with Crippen molar-refractivity contribution < 1.29 is 0 Å². The van der Waals surface area contributed by atoms with Crippen molar-refractivity contribution in [1.29, 1.82) is 0 Å². The van der Waals surface area contributed by atoms with Crippen LogP contribution >= 0.6 is 11.3 Å². The molecule has 0 saturated heterocycles. The third-order valence-electron chi connectivity index (χ3n) is 2.47. The number of anilines is 2. The van der Waals surface area contributed by atoms with Crippen molar-refractivity contribution in [3.8, 4) is 0 Å². The van der Waals surface area contributed by atoms with E-state index in [0.717, 1.165) is 28.8 Å². The Labute approximate surface area is 105 Å². The number of pyridine rings is 1. The van der Waals surface area contributed by atoms with E-state index in [1.165, 1.54) is 0 Å². The second-order valence-corrected chi connectivity index (χ2v) is 5.14. The quantitative estimate of drug-likeness (QED) is 0.906. The van der Waals surface area contributed by atoms with Crippen molar-refractivity contribution in [3.05, 3.63) is 33.9 Å². The molecule has 2 aromatic rings. The van der Waals surface area contributed by atoms with E-state index in [9.17, 15) is 0 Å². The third kappa shape index (κ3) is 2.74. The molecule has 17 heavy (non-hydrogen) atoms. The standard InChI is InChI=1S/C12H16N4S/c1-8-4-5-11(13)12(14-8)16(3)6-10-7-17-9(2)15-10/h4-5,7H,6,13H2,1-3H3. The third-order valence-corrected chi connectivity index (χ3v) is 3.29. The van der Waals surface area contributed by atoms with Crippen LogP contribution < -0.4 is 10.6 Å². The Balaban J connectivity index is 2.19. The van der Waals surface area contributed by atoms with Gasteiger partial charge in [0.2, 0.25) is 0 Å². The molecule has 0 unspecified atom stereocenters. The van der Waals surface area contributed by atoms with Crippen LogP contribution in [0.3, 0.4) is 0 Å². The first-order valence-electron chi connectivity index (χ1n) is 5.41. The average Bonchev–Trinajstić information content (AvgIpc) is 2.67. The lowest BCUT2D eigenvalue weighted by molar-refractivity contribution is 0.868. The smallest absolute Gasteiger partial charge is 0.152 e. The largest absolute Gasteiger partial charge is 0.396 e. The minimum absolute atomic E-state index is 0.699.